The second kappa shape index (κ2) is 8.59. The first-order chi connectivity index (χ1) is 9.56. The lowest BCUT2D eigenvalue weighted by Gasteiger charge is -2.18. The van der Waals surface area contributed by atoms with Crippen molar-refractivity contribution in [3.8, 4) is 0 Å². The molecule has 0 heterocycles. The van der Waals surface area contributed by atoms with Gasteiger partial charge in [-0.3, -0.25) is 4.79 Å². The molecule has 1 aromatic carbocycles. The van der Waals surface area contributed by atoms with E-state index in [1.54, 1.807) is 0 Å². The minimum atomic E-state index is -0.136. The molecule has 1 aromatic rings. The van der Waals surface area contributed by atoms with Crippen LogP contribution >= 0.6 is 0 Å². The summed E-state index contributed by atoms with van der Waals surface area (Å²) in [6, 6.07) is 8.56. The number of benzene rings is 1. The maximum absolute atomic E-state index is 11.6. The van der Waals surface area contributed by atoms with Crippen molar-refractivity contribution in [1.82, 2.24) is 5.32 Å². The van der Waals surface area contributed by atoms with E-state index >= 15 is 0 Å². The van der Waals surface area contributed by atoms with Crippen molar-refractivity contribution in [1.29, 1.82) is 0 Å². The second-order valence-corrected chi connectivity index (χ2v) is 5.03. The third-order valence-corrected chi connectivity index (χ3v) is 3.15. The van der Waals surface area contributed by atoms with Crippen LogP contribution in [0, 0.1) is 0 Å². The summed E-state index contributed by atoms with van der Waals surface area (Å²) >= 11 is 0. The number of hydrogen-bond acceptors (Lipinski definition) is 4. The lowest BCUT2D eigenvalue weighted by molar-refractivity contribution is -0.143. The van der Waals surface area contributed by atoms with Gasteiger partial charge < -0.3 is 15.0 Å². The van der Waals surface area contributed by atoms with Crippen LogP contribution in [0.1, 0.15) is 25.8 Å². The Kier molecular flexibility index (Phi) is 7.09. The molecule has 0 aliphatic heterocycles. The van der Waals surface area contributed by atoms with Crippen molar-refractivity contribution in [2.45, 2.75) is 32.7 Å². The molecular weight excluding hydrogens is 252 g/mol. The largest absolute Gasteiger partial charge is 0.466 e. The number of carbonyl (C=O) groups excluding carboxylic acids is 1. The van der Waals surface area contributed by atoms with Gasteiger partial charge in [-0.05, 0) is 37.6 Å². The van der Waals surface area contributed by atoms with Gasteiger partial charge in [0.05, 0.1) is 13.0 Å². The SMILES string of the molecule is CCNC(CC(=O)OCC)Cc1ccc(N(C)C)cc1. The van der Waals surface area contributed by atoms with Gasteiger partial charge in [0.25, 0.3) is 0 Å². The summed E-state index contributed by atoms with van der Waals surface area (Å²) in [5, 5.41) is 3.35. The Morgan fingerprint density at radius 2 is 1.90 bits per heavy atom. The van der Waals surface area contributed by atoms with Crippen LogP contribution in [0.25, 0.3) is 0 Å². The van der Waals surface area contributed by atoms with Gasteiger partial charge in [-0.1, -0.05) is 19.1 Å². The molecule has 4 nitrogen and oxygen atoms in total. The summed E-state index contributed by atoms with van der Waals surface area (Å²) in [5.41, 5.74) is 2.41. The predicted molar refractivity (Wildman–Crippen MR) is 83.2 cm³/mol. The molecule has 20 heavy (non-hydrogen) atoms. The van der Waals surface area contributed by atoms with Crippen molar-refractivity contribution in [2.24, 2.45) is 0 Å². The van der Waals surface area contributed by atoms with E-state index in [-0.39, 0.29) is 12.0 Å². The third kappa shape index (κ3) is 5.61. The maximum atomic E-state index is 11.6. The Labute approximate surface area is 122 Å². The molecule has 0 aliphatic rings. The summed E-state index contributed by atoms with van der Waals surface area (Å²) in [7, 11) is 4.05. The zero-order chi connectivity index (χ0) is 15.0. The summed E-state index contributed by atoms with van der Waals surface area (Å²) in [5.74, 6) is -0.136. The molecule has 4 heteroatoms. The predicted octanol–water partition coefficient (Wildman–Crippen LogP) is 2.23. The fourth-order valence-electron chi connectivity index (χ4n) is 2.14. The van der Waals surface area contributed by atoms with Gasteiger partial charge in [-0.25, -0.2) is 0 Å². The van der Waals surface area contributed by atoms with Gasteiger partial charge in [-0.2, -0.15) is 0 Å². The minimum absolute atomic E-state index is 0.129. The van der Waals surface area contributed by atoms with Gasteiger partial charge in [-0.15, -0.1) is 0 Å². The number of nitrogens with zero attached hydrogens (tertiary/aromatic N) is 1. The Hall–Kier alpha value is -1.55. The first-order valence-corrected chi connectivity index (χ1v) is 7.22. The number of anilines is 1. The number of carbonyl (C=O) groups is 1. The average molecular weight is 278 g/mol. The van der Waals surface area contributed by atoms with Gasteiger partial charge >= 0.3 is 5.97 Å². The summed E-state index contributed by atoms with van der Waals surface area (Å²) in [4.78, 5) is 13.7. The number of likely N-dealkylation sites (N-methyl/N-ethyl adjacent to an activating group) is 1. The third-order valence-electron chi connectivity index (χ3n) is 3.15. The zero-order valence-corrected chi connectivity index (χ0v) is 13.0. The quantitative estimate of drug-likeness (QED) is 0.740. The van der Waals surface area contributed by atoms with Crippen molar-refractivity contribution in [3.05, 3.63) is 29.8 Å². The highest BCUT2D eigenvalue weighted by atomic mass is 16.5. The molecule has 1 N–H and O–H groups in total. The topological polar surface area (TPSA) is 41.6 Å². The van der Waals surface area contributed by atoms with E-state index in [1.165, 1.54) is 11.3 Å². The number of hydrogen-bond donors (Lipinski definition) is 1. The number of esters is 1. The summed E-state index contributed by atoms with van der Waals surface area (Å²) in [6.07, 6.45) is 1.25. The molecule has 1 rings (SSSR count). The molecule has 0 spiro atoms. The standard InChI is InChI=1S/C16H26N2O2/c1-5-17-14(12-16(19)20-6-2)11-13-7-9-15(10-8-13)18(3)4/h7-10,14,17H,5-6,11-12H2,1-4H3. The lowest BCUT2D eigenvalue weighted by atomic mass is 10.0. The van der Waals surface area contributed by atoms with E-state index in [2.05, 4.69) is 34.5 Å². The molecule has 1 atom stereocenters. The van der Waals surface area contributed by atoms with E-state index in [4.69, 9.17) is 4.74 Å². The molecule has 0 amide bonds. The smallest absolute Gasteiger partial charge is 0.307 e. The average Bonchev–Trinajstić information content (AvgIpc) is 2.39. The maximum Gasteiger partial charge on any atom is 0.307 e. The molecule has 0 saturated heterocycles. The Morgan fingerprint density at radius 3 is 2.40 bits per heavy atom. The first-order valence-electron chi connectivity index (χ1n) is 7.22. The van der Waals surface area contributed by atoms with Crippen LogP contribution in [0.4, 0.5) is 5.69 Å². The molecule has 0 bridgehead atoms. The monoisotopic (exact) mass is 278 g/mol. The van der Waals surface area contributed by atoms with Crippen molar-refractivity contribution in [2.75, 3.05) is 32.1 Å². The van der Waals surface area contributed by atoms with Gasteiger partial charge in [0, 0.05) is 25.8 Å². The highest BCUT2D eigenvalue weighted by molar-refractivity contribution is 5.70. The molecule has 1 unspecified atom stereocenters. The number of rotatable bonds is 8. The van der Waals surface area contributed by atoms with Crippen LogP contribution in [0.5, 0.6) is 0 Å². The second-order valence-electron chi connectivity index (χ2n) is 5.03. The number of ether oxygens (including phenoxy) is 1. The van der Waals surface area contributed by atoms with Gasteiger partial charge in [0.2, 0.25) is 0 Å². The zero-order valence-electron chi connectivity index (χ0n) is 13.0. The van der Waals surface area contributed by atoms with Crippen LogP contribution in [0.3, 0.4) is 0 Å². The van der Waals surface area contributed by atoms with Gasteiger partial charge in [0.1, 0.15) is 0 Å². The van der Waals surface area contributed by atoms with E-state index in [9.17, 15) is 4.79 Å². The van der Waals surface area contributed by atoms with E-state index < -0.39 is 0 Å². The highest BCUT2D eigenvalue weighted by Crippen LogP contribution is 2.14. The fourth-order valence-corrected chi connectivity index (χ4v) is 2.14. The highest BCUT2D eigenvalue weighted by Gasteiger charge is 2.14. The van der Waals surface area contributed by atoms with Crippen LogP contribution in [0.2, 0.25) is 0 Å². The van der Waals surface area contributed by atoms with Crippen LogP contribution < -0.4 is 10.2 Å². The molecule has 0 fully saturated rings. The van der Waals surface area contributed by atoms with E-state index in [1.807, 2.05) is 27.9 Å². The lowest BCUT2D eigenvalue weighted by Crippen LogP contribution is -2.33. The van der Waals surface area contributed by atoms with Gasteiger partial charge in [0.15, 0.2) is 0 Å². The molecule has 0 aliphatic carbocycles. The first kappa shape index (κ1) is 16.5. The molecule has 112 valence electrons. The van der Waals surface area contributed by atoms with E-state index in [0.717, 1.165) is 13.0 Å². The summed E-state index contributed by atoms with van der Waals surface area (Å²) < 4.78 is 5.02. The Morgan fingerprint density at radius 1 is 1.25 bits per heavy atom. The van der Waals surface area contributed by atoms with E-state index in [0.29, 0.717) is 13.0 Å². The van der Waals surface area contributed by atoms with Crippen LogP contribution in [-0.4, -0.2) is 39.3 Å². The van der Waals surface area contributed by atoms with Crippen molar-refractivity contribution < 1.29 is 9.53 Å². The molecule has 0 radical (unpaired) electrons. The normalized spacial score (nSPS) is 12.0. The Bertz CT molecular complexity index is 401. The molecular formula is C16H26N2O2. The van der Waals surface area contributed by atoms with Crippen molar-refractivity contribution >= 4 is 11.7 Å². The van der Waals surface area contributed by atoms with Crippen LogP contribution in [0.15, 0.2) is 24.3 Å². The molecule has 0 saturated carbocycles. The Balaban J connectivity index is 2.62. The van der Waals surface area contributed by atoms with Crippen molar-refractivity contribution in [3.63, 3.8) is 0 Å². The molecule has 0 aromatic heterocycles. The van der Waals surface area contributed by atoms with Crippen LogP contribution in [-0.2, 0) is 16.0 Å². The fraction of sp³-hybridized carbons (Fsp3) is 0.562. The summed E-state index contributed by atoms with van der Waals surface area (Å²) in [6.45, 7) is 5.17. The minimum Gasteiger partial charge on any atom is -0.466 e. The number of nitrogens with one attached hydrogen (secondary N) is 1.